The molecule has 1 aromatic rings. The molecule has 24 heavy (non-hydrogen) atoms. The lowest BCUT2D eigenvalue weighted by molar-refractivity contribution is -0.947. The summed E-state index contributed by atoms with van der Waals surface area (Å²) in [7, 11) is 0. The van der Waals surface area contributed by atoms with Gasteiger partial charge in [0.25, 0.3) is 5.91 Å². The van der Waals surface area contributed by atoms with Crippen LogP contribution in [0.15, 0.2) is 16.6 Å². The summed E-state index contributed by atoms with van der Waals surface area (Å²) in [5.74, 6) is -0.308. The van der Waals surface area contributed by atoms with Gasteiger partial charge in [-0.2, -0.15) is 0 Å². The van der Waals surface area contributed by atoms with E-state index in [1.54, 1.807) is 0 Å². The van der Waals surface area contributed by atoms with Gasteiger partial charge in [-0.15, -0.1) is 0 Å². The molecule has 1 spiro atoms. The Bertz CT molecular complexity index is 735. The van der Waals surface area contributed by atoms with Crippen molar-refractivity contribution >= 4 is 33.5 Å². The zero-order chi connectivity index (χ0) is 17.1. The van der Waals surface area contributed by atoms with Crippen LogP contribution >= 0.6 is 15.9 Å². The SMILES string of the molecule is CCOC(=O)[C@@H]1C[C@]2(C(=O)Nc3c(C)cc(Br)cc32)[NH+]2CCC[C@H]12. The number of anilines is 1. The number of esters is 1. The Hall–Kier alpha value is -1.40. The van der Waals surface area contributed by atoms with Crippen molar-refractivity contribution in [3.05, 3.63) is 27.7 Å². The largest absolute Gasteiger partial charge is 0.466 e. The second kappa shape index (κ2) is 5.56. The summed E-state index contributed by atoms with van der Waals surface area (Å²) in [4.78, 5) is 26.8. The van der Waals surface area contributed by atoms with Crippen molar-refractivity contribution < 1.29 is 19.2 Å². The number of ether oxygens (including phenoxy) is 1. The van der Waals surface area contributed by atoms with Crippen LogP contribution in [0, 0.1) is 12.8 Å². The van der Waals surface area contributed by atoms with Gasteiger partial charge in [0.05, 0.1) is 18.8 Å². The minimum Gasteiger partial charge on any atom is -0.466 e. The van der Waals surface area contributed by atoms with Gasteiger partial charge in [0.1, 0.15) is 12.0 Å². The number of benzene rings is 1. The van der Waals surface area contributed by atoms with Crippen molar-refractivity contribution in [2.45, 2.75) is 44.7 Å². The molecule has 0 aromatic heterocycles. The molecule has 0 bridgehead atoms. The number of aryl methyl sites for hydroxylation is 1. The number of hydrogen-bond acceptors (Lipinski definition) is 3. The van der Waals surface area contributed by atoms with Crippen LogP contribution in [0.3, 0.4) is 0 Å². The van der Waals surface area contributed by atoms with Crippen LogP contribution in [0.4, 0.5) is 5.69 Å². The molecule has 0 saturated carbocycles. The van der Waals surface area contributed by atoms with E-state index in [1.165, 1.54) is 4.90 Å². The van der Waals surface area contributed by atoms with Gasteiger partial charge in [-0.1, -0.05) is 15.9 Å². The van der Waals surface area contributed by atoms with E-state index in [1.807, 2.05) is 19.9 Å². The average Bonchev–Trinajstić information content (AvgIpc) is 3.17. The first kappa shape index (κ1) is 16.1. The molecule has 2 saturated heterocycles. The van der Waals surface area contributed by atoms with E-state index in [0.717, 1.165) is 40.7 Å². The third-order valence-corrected chi connectivity index (χ3v) is 6.40. The fourth-order valence-corrected chi connectivity index (χ4v) is 5.63. The molecule has 128 valence electrons. The predicted molar refractivity (Wildman–Crippen MR) is 92.8 cm³/mol. The van der Waals surface area contributed by atoms with Gasteiger partial charge in [0.15, 0.2) is 0 Å². The molecule has 5 nitrogen and oxygen atoms in total. The van der Waals surface area contributed by atoms with Crippen molar-refractivity contribution in [1.82, 2.24) is 0 Å². The molecule has 1 aromatic carbocycles. The minimum absolute atomic E-state index is 0.0346. The van der Waals surface area contributed by atoms with Crippen molar-refractivity contribution in [3.8, 4) is 0 Å². The van der Waals surface area contributed by atoms with Crippen LogP contribution in [0.1, 0.15) is 37.3 Å². The maximum atomic E-state index is 13.1. The lowest BCUT2D eigenvalue weighted by Gasteiger charge is -2.29. The number of hydrogen-bond donors (Lipinski definition) is 2. The van der Waals surface area contributed by atoms with Gasteiger partial charge in [0, 0.05) is 29.3 Å². The van der Waals surface area contributed by atoms with E-state index in [9.17, 15) is 9.59 Å². The normalized spacial score (nSPS) is 33.5. The first-order valence-electron chi connectivity index (χ1n) is 8.64. The van der Waals surface area contributed by atoms with Gasteiger partial charge in [-0.25, -0.2) is 0 Å². The molecule has 2 fully saturated rings. The van der Waals surface area contributed by atoms with Crippen molar-refractivity contribution in [1.29, 1.82) is 0 Å². The summed E-state index contributed by atoms with van der Waals surface area (Å²) in [6, 6.07) is 4.25. The second-order valence-electron chi connectivity index (χ2n) is 7.09. The average molecular weight is 394 g/mol. The number of fused-ring (bicyclic) bond motifs is 4. The fourth-order valence-electron chi connectivity index (χ4n) is 5.06. The van der Waals surface area contributed by atoms with E-state index in [4.69, 9.17) is 4.74 Å². The summed E-state index contributed by atoms with van der Waals surface area (Å²) >= 11 is 3.57. The first-order chi connectivity index (χ1) is 11.5. The Balaban J connectivity index is 1.84. The second-order valence-corrected chi connectivity index (χ2v) is 8.01. The Kier molecular flexibility index (Phi) is 3.73. The lowest BCUT2D eigenvalue weighted by atomic mass is 9.84. The molecule has 2 N–H and O–H groups in total. The van der Waals surface area contributed by atoms with Crippen LogP contribution in [0.25, 0.3) is 0 Å². The first-order valence-corrected chi connectivity index (χ1v) is 9.43. The molecule has 3 aliphatic rings. The van der Waals surface area contributed by atoms with Gasteiger partial charge >= 0.3 is 5.97 Å². The van der Waals surface area contributed by atoms with Crippen LogP contribution < -0.4 is 10.2 Å². The maximum absolute atomic E-state index is 13.1. The molecule has 3 heterocycles. The topological polar surface area (TPSA) is 59.8 Å². The molecule has 1 amide bonds. The number of rotatable bonds is 2. The molecule has 0 aliphatic carbocycles. The van der Waals surface area contributed by atoms with E-state index >= 15 is 0 Å². The number of halogens is 1. The highest BCUT2D eigenvalue weighted by atomic mass is 79.9. The maximum Gasteiger partial charge on any atom is 0.315 e. The summed E-state index contributed by atoms with van der Waals surface area (Å²) in [6.07, 6.45) is 2.57. The fraction of sp³-hybridized carbons (Fsp3) is 0.556. The third kappa shape index (κ3) is 2.02. The number of amides is 1. The van der Waals surface area contributed by atoms with E-state index < -0.39 is 5.54 Å². The van der Waals surface area contributed by atoms with Gasteiger partial charge in [-0.3, -0.25) is 9.59 Å². The van der Waals surface area contributed by atoms with E-state index in [-0.39, 0.29) is 23.8 Å². The number of carbonyl (C=O) groups is 2. The zero-order valence-electron chi connectivity index (χ0n) is 13.9. The molecule has 6 heteroatoms. The standard InChI is InChI=1S/C18H21BrN2O3/c1-3-24-16(22)12-9-18(21-6-4-5-14(12)21)13-8-11(19)7-10(2)15(13)20-17(18)23/h7-8,12,14H,3-6,9H2,1-2H3,(H,20,23)/p+1/t12-,14-,18+/m1/s1. The summed E-state index contributed by atoms with van der Waals surface area (Å²) < 4.78 is 6.29. The van der Waals surface area contributed by atoms with Gasteiger partial charge < -0.3 is 15.0 Å². The highest BCUT2D eigenvalue weighted by molar-refractivity contribution is 9.10. The summed E-state index contributed by atoms with van der Waals surface area (Å²) in [6.45, 7) is 5.16. The van der Waals surface area contributed by atoms with E-state index in [2.05, 4.69) is 27.3 Å². The van der Waals surface area contributed by atoms with Crippen LogP contribution in [0.2, 0.25) is 0 Å². The number of quaternary nitrogens is 1. The highest BCUT2D eigenvalue weighted by Crippen LogP contribution is 2.46. The number of carbonyl (C=O) groups excluding carboxylic acids is 2. The van der Waals surface area contributed by atoms with Crippen LogP contribution in [-0.2, 0) is 19.9 Å². The van der Waals surface area contributed by atoms with E-state index in [0.29, 0.717) is 13.0 Å². The Morgan fingerprint density at radius 3 is 3.04 bits per heavy atom. The van der Waals surface area contributed by atoms with Crippen molar-refractivity contribution in [2.75, 3.05) is 18.5 Å². The summed E-state index contributed by atoms with van der Waals surface area (Å²) in [5.41, 5.74) is 2.36. The quantitative estimate of drug-likeness (QED) is 0.749. The Morgan fingerprint density at radius 1 is 1.50 bits per heavy atom. The summed E-state index contributed by atoms with van der Waals surface area (Å²) in [5, 5.41) is 3.10. The highest BCUT2D eigenvalue weighted by Gasteiger charge is 2.67. The molecule has 0 radical (unpaired) electrons. The van der Waals surface area contributed by atoms with Crippen molar-refractivity contribution in [3.63, 3.8) is 0 Å². The zero-order valence-corrected chi connectivity index (χ0v) is 15.5. The Labute approximate surface area is 149 Å². The van der Waals surface area contributed by atoms with Gasteiger partial charge in [0.2, 0.25) is 5.54 Å². The minimum atomic E-state index is -0.650. The monoisotopic (exact) mass is 393 g/mol. The molecule has 4 atom stereocenters. The van der Waals surface area contributed by atoms with Crippen LogP contribution in [-0.4, -0.2) is 31.1 Å². The Morgan fingerprint density at radius 2 is 2.29 bits per heavy atom. The lowest BCUT2D eigenvalue weighted by Crippen LogP contribution is -3.19. The molecule has 4 rings (SSSR count). The molecular formula is C18H22BrN2O3+. The number of nitrogens with one attached hydrogen (secondary N) is 2. The molecule has 3 aliphatic heterocycles. The molecule has 1 unspecified atom stereocenters. The smallest absolute Gasteiger partial charge is 0.315 e. The molecular weight excluding hydrogens is 372 g/mol. The van der Waals surface area contributed by atoms with Crippen molar-refractivity contribution in [2.24, 2.45) is 5.92 Å². The third-order valence-electron chi connectivity index (χ3n) is 5.94. The van der Waals surface area contributed by atoms with Gasteiger partial charge in [-0.05, 0) is 31.5 Å². The van der Waals surface area contributed by atoms with Crippen LogP contribution in [0.5, 0.6) is 0 Å². The predicted octanol–water partition coefficient (Wildman–Crippen LogP) is 1.54.